The molecule has 0 aromatic rings. The van der Waals surface area contributed by atoms with Gasteiger partial charge in [-0.3, -0.25) is 9.59 Å². The lowest BCUT2D eigenvalue weighted by molar-refractivity contribution is -0.143. The Kier molecular flexibility index (Phi) is 42.2. The van der Waals surface area contributed by atoms with Crippen LogP contribution in [0.5, 0.6) is 0 Å². The van der Waals surface area contributed by atoms with Gasteiger partial charge in [0.1, 0.15) is 0 Å². The summed E-state index contributed by atoms with van der Waals surface area (Å²) < 4.78 is 5.44. The van der Waals surface area contributed by atoms with E-state index in [0.717, 1.165) is 70.6 Å². The first-order chi connectivity index (χ1) is 26.5. The van der Waals surface area contributed by atoms with E-state index >= 15 is 0 Å². The molecule has 2 atom stereocenters. The molecule has 0 radical (unpaired) electrons. The third-order valence-electron chi connectivity index (χ3n) is 10.4. The molecule has 0 aromatic heterocycles. The summed E-state index contributed by atoms with van der Waals surface area (Å²) in [4.78, 5) is 24.3. The molecular weight excluding hydrogens is 671 g/mol. The zero-order valence-electron chi connectivity index (χ0n) is 35.7. The Balaban J connectivity index is 3.47. The summed E-state index contributed by atoms with van der Waals surface area (Å²) in [6, 6.07) is -0.634. The van der Waals surface area contributed by atoms with Crippen molar-refractivity contribution in [2.24, 2.45) is 0 Å². The number of aliphatic hydroxyl groups excluding tert-OH is 2. The van der Waals surface area contributed by atoms with E-state index in [9.17, 15) is 19.8 Å². The molecule has 54 heavy (non-hydrogen) atoms. The van der Waals surface area contributed by atoms with Gasteiger partial charge >= 0.3 is 5.97 Å². The van der Waals surface area contributed by atoms with Crippen molar-refractivity contribution in [1.82, 2.24) is 5.32 Å². The van der Waals surface area contributed by atoms with Gasteiger partial charge < -0.3 is 20.3 Å². The standard InChI is InChI=1S/C48H89NO5/c1-3-5-7-9-11-13-15-18-22-26-30-34-38-42-48(53)54-43-39-35-31-27-23-20-17-16-19-21-25-29-33-37-41-47(52)49-45(44-50)46(51)40-36-32-28-24-14-12-10-8-6-4-2/h7,9,13,15,36,40,45-46,50-51H,3-6,8,10-12,14,16-35,37-39,41-44H2,1-2H3,(H,49,52)/b9-7-,15-13-,40-36+. The molecule has 0 rings (SSSR count). The van der Waals surface area contributed by atoms with Crippen LogP contribution in [0.3, 0.4) is 0 Å². The second-order valence-electron chi connectivity index (χ2n) is 15.7. The number of carbonyl (C=O) groups is 2. The molecule has 0 saturated heterocycles. The summed E-state index contributed by atoms with van der Waals surface area (Å²) in [6.45, 7) is 4.77. The summed E-state index contributed by atoms with van der Waals surface area (Å²) in [6.07, 6.45) is 51.3. The van der Waals surface area contributed by atoms with E-state index in [4.69, 9.17) is 4.74 Å². The molecule has 316 valence electrons. The van der Waals surface area contributed by atoms with Crippen LogP contribution in [0.15, 0.2) is 36.5 Å². The summed E-state index contributed by atoms with van der Waals surface area (Å²) in [5.41, 5.74) is 0. The highest BCUT2D eigenvalue weighted by molar-refractivity contribution is 5.76. The Morgan fingerprint density at radius 1 is 0.519 bits per heavy atom. The Morgan fingerprint density at radius 3 is 1.48 bits per heavy atom. The van der Waals surface area contributed by atoms with Crippen LogP contribution in [0.2, 0.25) is 0 Å². The van der Waals surface area contributed by atoms with Crippen molar-refractivity contribution in [3.05, 3.63) is 36.5 Å². The molecule has 0 spiro atoms. The fourth-order valence-corrected chi connectivity index (χ4v) is 6.79. The zero-order valence-corrected chi connectivity index (χ0v) is 35.7. The number of rotatable bonds is 42. The van der Waals surface area contributed by atoms with Crippen molar-refractivity contribution in [2.45, 2.75) is 244 Å². The molecule has 2 unspecified atom stereocenters. The Bertz CT molecular complexity index is 884. The lowest BCUT2D eigenvalue weighted by Crippen LogP contribution is -2.45. The third kappa shape index (κ3) is 39.8. The minimum absolute atomic E-state index is 0.0200. The van der Waals surface area contributed by atoms with Crippen molar-refractivity contribution in [1.29, 1.82) is 0 Å². The molecule has 0 aliphatic carbocycles. The lowest BCUT2D eigenvalue weighted by atomic mass is 10.0. The molecule has 3 N–H and O–H groups in total. The van der Waals surface area contributed by atoms with Crippen LogP contribution >= 0.6 is 0 Å². The van der Waals surface area contributed by atoms with E-state index in [1.165, 1.54) is 135 Å². The second kappa shape index (κ2) is 43.8. The number of allylic oxidation sites excluding steroid dienone is 5. The van der Waals surface area contributed by atoms with Crippen molar-refractivity contribution < 1.29 is 24.5 Å². The van der Waals surface area contributed by atoms with Gasteiger partial charge in [0.15, 0.2) is 0 Å². The van der Waals surface area contributed by atoms with Gasteiger partial charge in [-0.1, -0.05) is 198 Å². The van der Waals surface area contributed by atoms with Crippen molar-refractivity contribution >= 4 is 11.9 Å². The van der Waals surface area contributed by atoms with Crippen LogP contribution in [0.1, 0.15) is 232 Å². The molecule has 6 nitrogen and oxygen atoms in total. The van der Waals surface area contributed by atoms with Crippen LogP contribution in [0.4, 0.5) is 0 Å². The minimum atomic E-state index is -0.850. The summed E-state index contributed by atoms with van der Waals surface area (Å²) in [5, 5.41) is 22.9. The van der Waals surface area contributed by atoms with Gasteiger partial charge in [-0.25, -0.2) is 0 Å². The average Bonchev–Trinajstić information content (AvgIpc) is 3.17. The molecule has 0 fully saturated rings. The predicted octanol–water partition coefficient (Wildman–Crippen LogP) is 13.3. The van der Waals surface area contributed by atoms with Crippen LogP contribution < -0.4 is 5.32 Å². The first-order valence-corrected chi connectivity index (χ1v) is 23.3. The van der Waals surface area contributed by atoms with E-state index < -0.39 is 12.1 Å². The smallest absolute Gasteiger partial charge is 0.305 e. The number of esters is 1. The molecular formula is C48H89NO5. The van der Waals surface area contributed by atoms with Crippen LogP contribution in [0, 0.1) is 0 Å². The number of ether oxygens (including phenoxy) is 1. The zero-order chi connectivity index (χ0) is 39.4. The molecule has 0 aliphatic rings. The van der Waals surface area contributed by atoms with Gasteiger partial charge in [0.2, 0.25) is 5.91 Å². The van der Waals surface area contributed by atoms with Crippen LogP contribution in [-0.2, 0) is 14.3 Å². The van der Waals surface area contributed by atoms with Gasteiger partial charge in [0, 0.05) is 12.8 Å². The topological polar surface area (TPSA) is 95.9 Å². The average molecular weight is 760 g/mol. The number of aliphatic hydroxyl groups is 2. The van der Waals surface area contributed by atoms with Crippen LogP contribution in [-0.4, -0.2) is 47.4 Å². The third-order valence-corrected chi connectivity index (χ3v) is 10.4. The fraction of sp³-hybridized carbons (Fsp3) is 0.833. The molecule has 0 saturated carbocycles. The van der Waals surface area contributed by atoms with E-state index in [-0.39, 0.29) is 18.5 Å². The normalized spacial score (nSPS) is 13.0. The minimum Gasteiger partial charge on any atom is -0.466 e. The Hall–Kier alpha value is -1.92. The van der Waals surface area contributed by atoms with Crippen molar-refractivity contribution in [3.8, 4) is 0 Å². The maximum atomic E-state index is 12.4. The monoisotopic (exact) mass is 760 g/mol. The lowest BCUT2D eigenvalue weighted by Gasteiger charge is -2.20. The first kappa shape index (κ1) is 52.1. The van der Waals surface area contributed by atoms with E-state index in [1.807, 2.05) is 6.08 Å². The summed E-state index contributed by atoms with van der Waals surface area (Å²) in [5.74, 6) is -0.103. The van der Waals surface area contributed by atoms with E-state index in [1.54, 1.807) is 6.08 Å². The number of hydrogen-bond acceptors (Lipinski definition) is 5. The van der Waals surface area contributed by atoms with Gasteiger partial charge in [0.25, 0.3) is 0 Å². The number of amides is 1. The Labute approximate surface area is 334 Å². The van der Waals surface area contributed by atoms with Gasteiger partial charge in [0.05, 0.1) is 25.4 Å². The van der Waals surface area contributed by atoms with Crippen molar-refractivity contribution in [3.63, 3.8) is 0 Å². The van der Waals surface area contributed by atoms with Crippen LogP contribution in [0.25, 0.3) is 0 Å². The summed E-state index contributed by atoms with van der Waals surface area (Å²) >= 11 is 0. The maximum Gasteiger partial charge on any atom is 0.305 e. The largest absolute Gasteiger partial charge is 0.466 e. The molecule has 0 heterocycles. The molecule has 0 aliphatic heterocycles. The van der Waals surface area contributed by atoms with E-state index in [2.05, 4.69) is 43.5 Å². The fourth-order valence-electron chi connectivity index (χ4n) is 6.79. The molecule has 0 bridgehead atoms. The maximum absolute atomic E-state index is 12.4. The number of unbranched alkanes of at least 4 members (excludes halogenated alkanes) is 27. The quantitative estimate of drug-likeness (QED) is 0.0327. The predicted molar refractivity (Wildman–Crippen MR) is 232 cm³/mol. The number of hydrogen-bond donors (Lipinski definition) is 3. The highest BCUT2D eigenvalue weighted by Gasteiger charge is 2.18. The second-order valence-corrected chi connectivity index (χ2v) is 15.7. The van der Waals surface area contributed by atoms with Gasteiger partial charge in [-0.2, -0.15) is 0 Å². The molecule has 0 aromatic carbocycles. The van der Waals surface area contributed by atoms with Gasteiger partial charge in [-0.15, -0.1) is 0 Å². The highest BCUT2D eigenvalue weighted by atomic mass is 16.5. The first-order valence-electron chi connectivity index (χ1n) is 23.3. The SMILES string of the molecule is CCC/C=C\C/C=C\CCCCCCCC(=O)OCCCCCCCCCCCCCCCCC(=O)NC(CO)C(O)/C=C/CCCCCCCCCC. The number of carbonyl (C=O) groups excluding carboxylic acids is 2. The summed E-state index contributed by atoms with van der Waals surface area (Å²) in [7, 11) is 0. The molecule has 6 heteroatoms. The van der Waals surface area contributed by atoms with Gasteiger partial charge in [-0.05, 0) is 57.8 Å². The highest BCUT2D eigenvalue weighted by Crippen LogP contribution is 2.15. The van der Waals surface area contributed by atoms with Crippen molar-refractivity contribution in [2.75, 3.05) is 13.2 Å². The number of nitrogens with one attached hydrogen (secondary N) is 1. The van der Waals surface area contributed by atoms with E-state index in [0.29, 0.717) is 19.4 Å². The Morgan fingerprint density at radius 2 is 0.963 bits per heavy atom. The molecule has 1 amide bonds.